The maximum atomic E-state index is 12.7. The summed E-state index contributed by atoms with van der Waals surface area (Å²) in [5.74, 6) is 3.50. The van der Waals surface area contributed by atoms with Gasteiger partial charge in [0.15, 0.2) is 0 Å². The smallest absolute Gasteiger partial charge is 0.223 e. The number of nitrogens with two attached hydrogens (primary N) is 1. The zero-order valence-electron chi connectivity index (χ0n) is 17.1. The molecule has 0 aliphatic carbocycles. The fraction of sp³-hybridized carbons (Fsp3) is 0.360. The van der Waals surface area contributed by atoms with Crippen molar-refractivity contribution in [3.8, 4) is 12.3 Å². The van der Waals surface area contributed by atoms with E-state index in [1.165, 1.54) is 11.1 Å². The topological polar surface area (TPSA) is 58.7 Å². The van der Waals surface area contributed by atoms with Gasteiger partial charge in [0.05, 0.1) is 5.69 Å². The summed E-state index contributed by atoms with van der Waals surface area (Å²) < 4.78 is 0. The van der Waals surface area contributed by atoms with Crippen molar-refractivity contribution < 1.29 is 4.79 Å². The van der Waals surface area contributed by atoms with Gasteiger partial charge in [-0.25, -0.2) is 4.99 Å². The molecule has 1 aliphatic heterocycles. The normalized spacial score (nSPS) is 19.6. The fourth-order valence-corrected chi connectivity index (χ4v) is 3.86. The van der Waals surface area contributed by atoms with Crippen LogP contribution >= 0.6 is 0 Å². The van der Waals surface area contributed by atoms with Crippen molar-refractivity contribution in [3.05, 3.63) is 65.7 Å². The molecule has 0 spiro atoms. The molecule has 2 aromatic carbocycles. The van der Waals surface area contributed by atoms with Crippen molar-refractivity contribution in [2.75, 3.05) is 13.1 Å². The number of aryl methyl sites for hydroxylation is 1. The molecule has 2 aromatic rings. The van der Waals surface area contributed by atoms with Crippen molar-refractivity contribution in [2.24, 2.45) is 16.6 Å². The molecular formula is C25H29N3O. The standard InChI is InChI=1S/C25H29N3O/c1-3-5-11-24(29)28-17-21(20-14-12-19(4-2)13-15-20)16-22(18-28)25(26)27-23-9-7-6-8-10-23/h1,6-10,12-15,21-22H,4-5,11,16-18H2,2H3,(H2,26,27). The van der Waals surface area contributed by atoms with E-state index >= 15 is 0 Å². The summed E-state index contributed by atoms with van der Waals surface area (Å²) in [6, 6.07) is 18.4. The summed E-state index contributed by atoms with van der Waals surface area (Å²) in [7, 11) is 0. The highest BCUT2D eigenvalue weighted by Crippen LogP contribution is 2.32. The van der Waals surface area contributed by atoms with Crippen molar-refractivity contribution >= 4 is 17.4 Å². The van der Waals surface area contributed by atoms with Crippen LogP contribution in [-0.2, 0) is 11.2 Å². The quantitative estimate of drug-likeness (QED) is 0.457. The third-order valence-corrected chi connectivity index (χ3v) is 5.58. The van der Waals surface area contributed by atoms with E-state index in [0.717, 1.165) is 18.5 Å². The second-order valence-corrected chi connectivity index (χ2v) is 7.60. The number of nitrogens with zero attached hydrogens (tertiary/aromatic N) is 2. The molecule has 0 bridgehead atoms. The predicted octanol–water partition coefficient (Wildman–Crippen LogP) is 4.28. The van der Waals surface area contributed by atoms with Gasteiger partial charge >= 0.3 is 0 Å². The van der Waals surface area contributed by atoms with E-state index in [4.69, 9.17) is 12.2 Å². The summed E-state index contributed by atoms with van der Waals surface area (Å²) in [5, 5.41) is 0. The molecule has 1 fully saturated rings. The highest BCUT2D eigenvalue weighted by Gasteiger charge is 2.32. The van der Waals surface area contributed by atoms with E-state index in [9.17, 15) is 4.79 Å². The number of likely N-dealkylation sites (tertiary alicyclic amines) is 1. The molecule has 150 valence electrons. The van der Waals surface area contributed by atoms with Crippen LogP contribution in [0.1, 0.15) is 43.2 Å². The first-order chi connectivity index (χ1) is 14.1. The second-order valence-electron chi connectivity index (χ2n) is 7.60. The largest absolute Gasteiger partial charge is 0.387 e. The molecule has 1 heterocycles. The molecule has 0 radical (unpaired) electrons. The number of aliphatic imine (C=N–C) groups is 1. The zero-order valence-corrected chi connectivity index (χ0v) is 17.1. The Kier molecular flexibility index (Phi) is 7.08. The van der Waals surface area contributed by atoms with Crippen molar-refractivity contribution in [3.63, 3.8) is 0 Å². The van der Waals surface area contributed by atoms with E-state index < -0.39 is 0 Å². The summed E-state index contributed by atoms with van der Waals surface area (Å²) in [4.78, 5) is 19.2. The lowest BCUT2D eigenvalue weighted by molar-refractivity contribution is -0.132. The number of hydrogen-bond acceptors (Lipinski definition) is 2. The summed E-state index contributed by atoms with van der Waals surface area (Å²) in [6.45, 7) is 3.44. The Morgan fingerprint density at radius 3 is 2.55 bits per heavy atom. The number of para-hydroxylation sites is 1. The van der Waals surface area contributed by atoms with Gasteiger partial charge in [0, 0.05) is 37.8 Å². The van der Waals surface area contributed by atoms with Crippen molar-refractivity contribution in [1.29, 1.82) is 0 Å². The van der Waals surface area contributed by atoms with Gasteiger partial charge in [-0.1, -0.05) is 49.4 Å². The van der Waals surface area contributed by atoms with E-state index in [2.05, 4.69) is 42.1 Å². The van der Waals surface area contributed by atoms with Crippen molar-refractivity contribution in [2.45, 2.75) is 38.5 Å². The van der Waals surface area contributed by atoms with Crippen LogP contribution in [-0.4, -0.2) is 29.7 Å². The van der Waals surface area contributed by atoms with Gasteiger partial charge in [-0.15, -0.1) is 12.3 Å². The van der Waals surface area contributed by atoms with Crippen LogP contribution in [0.4, 0.5) is 5.69 Å². The minimum atomic E-state index is 0.0228. The predicted molar refractivity (Wildman–Crippen MR) is 119 cm³/mol. The minimum Gasteiger partial charge on any atom is -0.387 e. The molecule has 4 heteroatoms. The number of amidine groups is 1. The number of rotatable bonds is 6. The van der Waals surface area contributed by atoms with E-state index in [1.807, 2.05) is 35.2 Å². The molecular weight excluding hydrogens is 358 g/mol. The van der Waals surface area contributed by atoms with Crippen LogP contribution in [0.25, 0.3) is 0 Å². The highest BCUT2D eigenvalue weighted by atomic mass is 16.2. The molecule has 2 atom stereocenters. The van der Waals surface area contributed by atoms with E-state index in [-0.39, 0.29) is 17.7 Å². The Labute approximate surface area is 173 Å². The van der Waals surface area contributed by atoms with Crippen LogP contribution in [0, 0.1) is 18.3 Å². The highest BCUT2D eigenvalue weighted by molar-refractivity contribution is 5.87. The Balaban J connectivity index is 1.83. The fourth-order valence-electron chi connectivity index (χ4n) is 3.86. The third kappa shape index (κ3) is 5.48. The molecule has 0 aromatic heterocycles. The van der Waals surface area contributed by atoms with Gasteiger partial charge in [-0.3, -0.25) is 4.79 Å². The summed E-state index contributed by atoms with van der Waals surface area (Å²) in [5.41, 5.74) is 9.80. The molecule has 1 saturated heterocycles. The number of carbonyl (C=O) groups excluding carboxylic acids is 1. The van der Waals surface area contributed by atoms with Gasteiger partial charge < -0.3 is 10.6 Å². The first-order valence-electron chi connectivity index (χ1n) is 10.3. The van der Waals surface area contributed by atoms with Gasteiger partial charge in [0.25, 0.3) is 0 Å². The lowest BCUT2D eigenvalue weighted by Crippen LogP contribution is -2.47. The summed E-state index contributed by atoms with van der Waals surface area (Å²) >= 11 is 0. The average molecular weight is 388 g/mol. The minimum absolute atomic E-state index is 0.0228. The first-order valence-corrected chi connectivity index (χ1v) is 10.3. The van der Waals surface area contributed by atoms with Crippen LogP contribution in [0.2, 0.25) is 0 Å². The Morgan fingerprint density at radius 2 is 1.90 bits per heavy atom. The van der Waals surface area contributed by atoms with Gasteiger partial charge in [-0.05, 0) is 36.1 Å². The van der Waals surface area contributed by atoms with Crippen molar-refractivity contribution in [1.82, 2.24) is 4.90 Å². The molecule has 2 N–H and O–H groups in total. The van der Waals surface area contributed by atoms with Gasteiger partial charge in [0.2, 0.25) is 5.91 Å². The number of benzene rings is 2. The first kappa shape index (κ1) is 20.7. The second kappa shape index (κ2) is 9.93. The lowest BCUT2D eigenvalue weighted by Gasteiger charge is -2.38. The van der Waals surface area contributed by atoms with Gasteiger partial charge in [-0.2, -0.15) is 0 Å². The number of hydrogen-bond donors (Lipinski definition) is 1. The molecule has 0 saturated carbocycles. The van der Waals surface area contributed by atoms with Crippen LogP contribution < -0.4 is 5.73 Å². The maximum absolute atomic E-state index is 12.7. The molecule has 1 amide bonds. The molecule has 1 aliphatic rings. The zero-order chi connectivity index (χ0) is 20.6. The number of piperidine rings is 1. The Bertz CT molecular complexity index is 881. The summed E-state index contributed by atoms with van der Waals surface area (Å²) in [6.07, 6.45) is 8.09. The lowest BCUT2D eigenvalue weighted by atomic mass is 9.83. The number of amides is 1. The maximum Gasteiger partial charge on any atom is 0.223 e. The average Bonchev–Trinajstić information content (AvgIpc) is 2.77. The van der Waals surface area contributed by atoms with E-state index in [1.54, 1.807) is 0 Å². The SMILES string of the molecule is C#CCCC(=O)N1CC(C(N)=Nc2ccccc2)CC(c2ccc(CC)cc2)C1. The molecule has 4 nitrogen and oxygen atoms in total. The Morgan fingerprint density at radius 1 is 1.17 bits per heavy atom. The van der Waals surface area contributed by atoms with Crippen LogP contribution in [0.5, 0.6) is 0 Å². The van der Waals surface area contributed by atoms with Crippen LogP contribution in [0.15, 0.2) is 59.6 Å². The number of terminal acetylenes is 1. The third-order valence-electron chi connectivity index (χ3n) is 5.58. The Hall–Kier alpha value is -3.06. The molecule has 3 rings (SSSR count). The van der Waals surface area contributed by atoms with E-state index in [0.29, 0.717) is 31.8 Å². The van der Waals surface area contributed by atoms with Gasteiger partial charge in [0.1, 0.15) is 5.84 Å². The number of carbonyl (C=O) groups is 1. The molecule has 29 heavy (non-hydrogen) atoms. The van der Waals surface area contributed by atoms with Crippen LogP contribution in [0.3, 0.4) is 0 Å². The molecule has 2 unspecified atom stereocenters. The monoisotopic (exact) mass is 387 g/mol.